The number of pyridine rings is 1. The molecule has 0 radical (unpaired) electrons. The molecule has 3 N–H and O–H groups in total. The smallest absolute Gasteiger partial charge is 0.229 e. The maximum Gasteiger partial charge on any atom is 0.229 e. The largest absolute Gasteiger partial charge is 0.340 e. The second-order valence-electron chi connectivity index (χ2n) is 8.46. The number of nitrogens with zero attached hydrogens (tertiary/aromatic N) is 5. The van der Waals surface area contributed by atoms with Gasteiger partial charge in [0.25, 0.3) is 0 Å². The molecule has 2 aromatic carbocycles. The van der Waals surface area contributed by atoms with Crippen LogP contribution in [0.5, 0.6) is 0 Å². The summed E-state index contributed by atoms with van der Waals surface area (Å²) in [6.45, 7) is 5.27. The van der Waals surface area contributed by atoms with Crippen LogP contribution in [0.15, 0.2) is 73.1 Å². The Labute approximate surface area is 216 Å². The van der Waals surface area contributed by atoms with Crippen LogP contribution in [0.4, 0.5) is 23.1 Å². The number of rotatable bonds is 9. The molecule has 8 nitrogen and oxygen atoms in total. The summed E-state index contributed by atoms with van der Waals surface area (Å²) in [5.41, 5.74) is 7.31. The molecule has 2 aromatic heterocycles. The van der Waals surface area contributed by atoms with E-state index in [1.54, 1.807) is 30.6 Å². The first-order valence-corrected chi connectivity index (χ1v) is 11.7. The lowest BCUT2D eigenvalue weighted by Crippen LogP contribution is -2.15. The van der Waals surface area contributed by atoms with Crippen LogP contribution in [0, 0.1) is 36.5 Å². The van der Waals surface area contributed by atoms with Crippen molar-refractivity contribution in [3.8, 4) is 12.1 Å². The van der Waals surface area contributed by atoms with Crippen molar-refractivity contribution >= 4 is 29.2 Å². The minimum Gasteiger partial charge on any atom is -0.340 e. The third-order valence-corrected chi connectivity index (χ3v) is 5.59. The molecule has 0 aliphatic carbocycles. The number of nitrogens with one attached hydrogen (secondary N) is 3. The fraction of sp³-hybridized carbons (Fsp3) is 0.138. The van der Waals surface area contributed by atoms with Crippen LogP contribution in [0.3, 0.4) is 0 Å². The van der Waals surface area contributed by atoms with Gasteiger partial charge in [-0.05, 0) is 90.7 Å². The van der Waals surface area contributed by atoms with Gasteiger partial charge in [0.1, 0.15) is 5.82 Å². The van der Waals surface area contributed by atoms with Crippen LogP contribution in [0.25, 0.3) is 6.08 Å². The Morgan fingerprint density at radius 3 is 2.27 bits per heavy atom. The van der Waals surface area contributed by atoms with Crippen LogP contribution >= 0.6 is 0 Å². The van der Waals surface area contributed by atoms with Crippen LogP contribution in [-0.4, -0.2) is 15.0 Å². The highest BCUT2D eigenvalue weighted by molar-refractivity contribution is 5.69. The average Bonchev–Trinajstić information content (AvgIpc) is 2.90. The fourth-order valence-corrected chi connectivity index (χ4v) is 3.85. The minimum atomic E-state index is 0.444. The molecular weight excluding hydrogens is 460 g/mol. The minimum absolute atomic E-state index is 0.444. The lowest BCUT2D eigenvalue weighted by molar-refractivity contribution is 0.678. The van der Waals surface area contributed by atoms with Crippen molar-refractivity contribution in [3.63, 3.8) is 0 Å². The molecule has 8 heteroatoms. The van der Waals surface area contributed by atoms with Gasteiger partial charge in [0.05, 0.1) is 23.4 Å². The third-order valence-electron chi connectivity index (χ3n) is 5.59. The van der Waals surface area contributed by atoms with E-state index in [-0.39, 0.29) is 0 Å². The van der Waals surface area contributed by atoms with Gasteiger partial charge in [-0.2, -0.15) is 15.5 Å². The maximum atomic E-state index is 9.07. The molecule has 0 unspecified atom stereocenters. The standard InChI is InChI=1S/C29H26N8/c1-20-14-24(4-3-11-30)15-21(2)28(20)36-27-16-26(19-33-18-23-9-12-32-13-10-23)35-29(37-27)34-25-7-5-22(17-31)6-8-25/h3-10,12-16,33H,18-19H2,1-2H3,(H2,34,35,36,37)/b4-3+. The van der Waals surface area contributed by atoms with Crippen LogP contribution in [-0.2, 0) is 13.1 Å². The Morgan fingerprint density at radius 2 is 1.59 bits per heavy atom. The van der Waals surface area contributed by atoms with Gasteiger partial charge in [-0.25, -0.2) is 4.98 Å². The van der Waals surface area contributed by atoms with Crippen LogP contribution in [0.2, 0.25) is 0 Å². The van der Waals surface area contributed by atoms with E-state index in [2.05, 4.69) is 27.0 Å². The highest BCUT2D eigenvalue weighted by Crippen LogP contribution is 2.27. The highest BCUT2D eigenvalue weighted by atomic mass is 15.2. The molecule has 0 fully saturated rings. The van der Waals surface area contributed by atoms with E-state index >= 15 is 0 Å². The van der Waals surface area contributed by atoms with Gasteiger partial charge in [-0.1, -0.05) is 0 Å². The summed E-state index contributed by atoms with van der Waals surface area (Å²) >= 11 is 0. The van der Waals surface area contributed by atoms with Gasteiger partial charge in [0.2, 0.25) is 5.95 Å². The molecule has 0 saturated carbocycles. The van der Waals surface area contributed by atoms with Gasteiger partial charge >= 0.3 is 0 Å². The zero-order chi connectivity index (χ0) is 26.0. The predicted octanol–water partition coefficient (Wildman–Crippen LogP) is 5.67. The van der Waals surface area contributed by atoms with Gasteiger partial charge in [-0.15, -0.1) is 0 Å². The molecule has 182 valence electrons. The number of hydrogen-bond acceptors (Lipinski definition) is 8. The van der Waals surface area contributed by atoms with E-state index in [9.17, 15) is 0 Å². The molecule has 0 aliphatic rings. The zero-order valence-corrected chi connectivity index (χ0v) is 20.7. The highest BCUT2D eigenvalue weighted by Gasteiger charge is 2.10. The fourth-order valence-electron chi connectivity index (χ4n) is 3.85. The molecule has 0 spiro atoms. The average molecular weight is 487 g/mol. The van der Waals surface area contributed by atoms with E-state index in [0.717, 1.165) is 39.3 Å². The Balaban J connectivity index is 1.60. The Bertz CT molecular complexity index is 1460. The normalized spacial score (nSPS) is 10.6. The Kier molecular flexibility index (Phi) is 8.18. The molecule has 0 bridgehead atoms. The molecule has 0 aliphatic heterocycles. The van der Waals surface area contributed by atoms with Gasteiger partial charge < -0.3 is 16.0 Å². The number of nitriles is 2. The Hall–Kier alpha value is -5.05. The second-order valence-corrected chi connectivity index (χ2v) is 8.46. The molecule has 4 aromatic rings. The van der Waals surface area contributed by atoms with Crippen molar-refractivity contribution in [2.45, 2.75) is 26.9 Å². The lowest BCUT2D eigenvalue weighted by Gasteiger charge is -2.16. The van der Waals surface area contributed by atoms with E-state index in [1.165, 1.54) is 6.08 Å². The van der Waals surface area contributed by atoms with Crippen molar-refractivity contribution in [1.82, 2.24) is 20.3 Å². The van der Waals surface area contributed by atoms with Crippen molar-refractivity contribution in [1.29, 1.82) is 10.5 Å². The molecular formula is C29H26N8. The summed E-state index contributed by atoms with van der Waals surface area (Å²) in [5, 5.41) is 28.0. The van der Waals surface area contributed by atoms with Crippen molar-refractivity contribution in [2.24, 2.45) is 0 Å². The predicted molar refractivity (Wildman–Crippen MR) is 145 cm³/mol. The van der Waals surface area contributed by atoms with Crippen molar-refractivity contribution in [3.05, 3.63) is 107 Å². The first-order valence-electron chi connectivity index (χ1n) is 11.7. The number of benzene rings is 2. The number of aromatic nitrogens is 3. The quantitative estimate of drug-likeness (QED) is 0.259. The SMILES string of the molecule is Cc1cc(/C=C/C#N)cc(C)c1Nc1cc(CNCc2ccncc2)nc(Nc2ccc(C#N)cc2)n1. The van der Waals surface area contributed by atoms with Crippen LogP contribution in [0.1, 0.15) is 33.5 Å². The van der Waals surface area contributed by atoms with E-state index in [4.69, 9.17) is 20.5 Å². The van der Waals surface area contributed by atoms with Gasteiger partial charge in [0, 0.05) is 49.0 Å². The lowest BCUT2D eigenvalue weighted by atomic mass is 10.0. The van der Waals surface area contributed by atoms with Gasteiger partial charge in [-0.3, -0.25) is 4.98 Å². The maximum absolute atomic E-state index is 9.07. The first-order chi connectivity index (χ1) is 18.0. The summed E-state index contributed by atoms with van der Waals surface area (Å²) in [5.74, 6) is 1.10. The monoisotopic (exact) mass is 486 g/mol. The molecule has 4 rings (SSSR count). The number of aryl methyl sites for hydroxylation is 2. The van der Waals surface area contributed by atoms with E-state index in [1.807, 2.05) is 62.4 Å². The Morgan fingerprint density at radius 1 is 0.865 bits per heavy atom. The summed E-state index contributed by atoms with van der Waals surface area (Å²) < 4.78 is 0. The van der Waals surface area contributed by atoms with E-state index in [0.29, 0.717) is 30.4 Å². The summed E-state index contributed by atoms with van der Waals surface area (Å²) in [6.07, 6.45) is 6.81. The third kappa shape index (κ3) is 6.98. The second kappa shape index (κ2) is 12.1. The summed E-state index contributed by atoms with van der Waals surface area (Å²) in [4.78, 5) is 13.4. The van der Waals surface area contributed by atoms with Gasteiger partial charge in [0.15, 0.2) is 0 Å². The topological polar surface area (TPSA) is 122 Å². The van der Waals surface area contributed by atoms with E-state index < -0.39 is 0 Å². The summed E-state index contributed by atoms with van der Waals surface area (Å²) in [7, 11) is 0. The molecule has 37 heavy (non-hydrogen) atoms. The molecule has 0 saturated heterocycles. The van der Waals surface area contributed by atoms with Crippen LogP contribution < -0.4 is 16.0 Å². The zero-order valence-electron chi connectivity index (χ0n) is 20.7. The first kappa shape index (κ1) is 25.1. The molecule has 2 heterocycles. The number of anilines is 4. The number of allylic oxidation sites excluding steroid dienone is 1. The summed E-state index contributed by atoms with van der Waals surface area (Å²) in [6, 6.07) is 21.2. The van der Waals surface area contributed by atoms with Crippen molar-refractivity contribution in [2.75, 3.05) is 10.6 Å². The van der Waals surface area contributed by atoms with Crippen molar-refractivity contribution < 1.29 is 0 Å². The molecule has 0 amide bonds. The molecule has 0 atom stereocenters. The number of hydrogen-bond donors (Lipinski definition) is 3.